The highest BCUT2D eigenvalue weighted by molar-refractivity contribution is 7.14. The zero-order valence-electron chi connectivity index (χ0n) is 10.8. The van der Waals surface area contributed by atoms with Crippen molar-refractivity contribution in [3.05, 3.63) is 52.2 Å². The lowest BCUT2D eigenvalue weighted by Gasteiger charge is -2.04. The van der Waals surface area contributed by atoms with Crippen molar-refractivity contribution in [2.45, 2.75) is 6.42 Å². The highest BCUT2D eigenvalue weighted by Crippen LogP contribution is 2.26. The molecule has 3 rings (SSSR count). The number of nitrogen functional groups attached to an aromatic ring is 1. The largest absolute Gasteiger partial charge is 0.493 e. The fourth-order valence-electron chi connectivity index (χ4n) is 1.78. The van der Waals surface area contributed by atoms with Gasteiger partial charge in [-0.1, -0.05) is 6.07 Å². The lowest BCUT2D eigenvalue weighted by Crippen LogP contribution is -2.01. The van der Waals surface area contributed by atoms with Gasteiger partial charge in [-0.2, -0.15) is 0 Å². The third-order valence-corrected chi connectivity index (χ3v) is 4.59. The molecule has 0 saturated carbocycles. The maximum absolute atomic E-state index is 5.68. The first-order valence-corrected chi connectivity index (χ1v) is 8.04. The maximum Gasteiger partial charge on any atom is 0.119 e. The molecule has 0 aliphatic heterocycles. The third-order valence-electron chi connectivity index (χ3n) is 2.79. The molecule has 0 spiro atoms. The molecule has 0 aliphatic rings. The predicted molar refractivity (Wildman–Crippen MR) is 85.5 cm³/mol. The highest BCUT2D eigenvalue weighted by Gasteiger charge is 2.05. The molecule has 0 aliphatic carbocycles. The third kappa shape index (κ3) is 3.18. The Kier molecular flexibility index (Phi) is 3.99. The molecular formula is C15H14N2OS2. The minimum Gasteiger partial charge on any atom is -0.493 e. The van der Waals surface area contributed by atoms with Crippen LogP contribution in [-0.4, -0.2) is 11.6 Å². The lowest BCUT2D eigenvalue weighted by molar-refractivity contribution is 0.322. The maximum atomic E-state index is 5.68. The summed E-state index contributed by atoms with van der Waals surface area (Å²) < 4.78 is 5.68. The van der Waals surface area contributed by atoms with Crippen LogP contribution in [-0.2, 0) is 6.42 Å². The first kappa shape index (κ1) is 13.1. The molecule has 0 radical (unpaired) electrons. The van der Waals surface area contributed by atoms with Crippen LogP contribution in [0.4, 0.5) is 5.69 Å². The second-order valence-corrected chi connectivity index (χ2v) is 6.16. The van der Waals surface area contributed by atoms with E-state index in [1.807, 2.05) is 30.3 Å². The molecule has 0 bridgehead atoms. The fraction of sp³-hybridized carbons (Fsp3) is 0.133. The summed E-state index contributed by atoms with van der Waals surface area (Å²) in [6.45, 7) is 0.626. The number of thiazole rings is 1. The van der Waals surface area contributed by atoms with Crippen LogP contribution in [0, 0.1) is 0 Å². The van der Waals surface area contributed by atoms with Crippen LogP contribution in [0.3, 0.4) is 0 Å². The van der Waals surface area contributed by atoms with Crippen LogP contribution in [0.2, 0.25) is 0 Å². The van der Waals surface area contributed by atoms with E-state index in [0.29, 0.717) is 6.61 Å². The Hall–Kier alpha value is -1.85. The first-order chi connectivity index (χ1) is 9.81. The molecule has 5 heteroatoms. The molecule has 102 valence electrons. The summed E-state index contributed by atoms with van der Waals surface area (Å²) in [4.78, 5) is 5.84. The summed E-state index contributed by atoms with van der Waals surface area (Å²) >= 11 is 3.39. The van der Waals surface area contributed by atoms with E-state index in [1.165, 1.54) is 4.88 Å². The highest BCUT2D eigenvalue weighted by atomic mass is 32.1. The topological polar surface area (TPSA) is 48.1 Å². The number of nitrogens with zero attached hydrogens (tertiary/aromatic N) is 1. The molecule has 0 saturated heterocycles. The summed E-state index contributed by atoms with van der Waals surface area (Å²) in [5, 5.41) is 5.27. The van der Waals surface area contributed by atoms with Crippen molar-refractivity contribution in [2.75, 3.05) is 12.3 Å². The molecule has 0 unspecified atom stereocenters. The van der Waals surface area contributed by atoms with E-state index in [4.69, 9.17) is 10.5 Å². The van der Waals surface area contributed by atoms with Gasteiger partial charge in [-0.25, -0.2) is 4.98 Å². The molecule has 1 aromatic carbocycles. The first-order valence-electron chi connectivity index (χ1n) is 6.28. The zero-order chi connectivity index (χ0) is 13.8. The summed E-state index contributed by atoms with van der Waals surface area (Å²) in [5.41, 5.74) is 7.44. The van der Waals surface area contributed by atoms with E-state index >= 15 is 0 Å². The van der Waals surface area contributed by atoms with E-state index in [9.17, 15) is 0 Å². The van der Waals surface area contributed by atoms with E-state index in [1.54, 1.807) is 22.7 Å². The number of hydrogen-bond donors (Lipinski definition) is 1. The van der Waals surface area contributed by atoms with E-state index < -0.39 is 0 Å². The number of rotatable bonds is 5. The summed E-state index contributed by atoms with van der Waals surface area (Å²) in [7, 11) is 0. The van der Waals surface area contributed by atoms with Crippen LogP contribution >= 0.6 is 22.7 Å². The van der Waals surface area contributed by atoms with Crippen LogP contribution in [0.25, 0.3) is 10.6 Å². The Morgan fingerprint density at radius 2 is 1.95 bits per heavy atom. The van der Waals surface area contributed by atoms with Gasteiger partial charge in [0, 0.05) is 17.5 Å². The minimum absolute atomic E-state index is 0.626. The standard InChI is InChI=1S/C15H14N2OS2/c16-11-3-5-12(6-4-11)18-8-7-15-17-13(10-20-15)14-2-1-9-19-14/h1-6,9-10H,7-8,16H2. The second-order valence-electron chi connectivity index (χ2n) is 4.27. The van der Waals surface area contributed by atoms with Crippen molar-refractivity contribution >= 4 is 28.4 Å². The average Bonchev–Trinajstić information content (AvgIpc) is 3.11. The Balaban J connectivity index is 1.55. The van der Waals surface area contributed by atoms with Crippen molar-refractivity contribution in [1.82, 2.24) is 4.98 Å². The summed E-state index contributed by atoms with van der Waals surface area (Å²) in [5.74, 6) is 0.842. The van der Waals surface area contributed by atoms with E-state index in [0.717, 1.165) is 28.6 Å². The molecule has 0 fully saturated rings. The smallest absolute Gasteiger partial charge is 0.119 e. The normalized spacial score (nSPS) is 10.6. The number of benzene rings is 1. The van der Waals surface area contributed by atoms with Crippen molar-refractivity contribution in [3.63, 3.8) is 0 Å². The quantitative estimate of drug-likeness (QED) is 0.723. The number of ether oxygens (including phenoxy) is 1. The number of hydrogen-bond acceptors (Lipinski definition) is 5. The summed E-state index contributed by atoms with van der Waals surface area (Å²) in [6.07, 6.45) is 0.820. The van der Waals surface area contributed by atoms with E-state index in [-0.39, 0.29) is 0 Å². The number of anilines is 1. The van der Waals surface area contributed by atoms with Crippen LogP contribution < -0.4 is 10.5 Å². The van der Waals surface area contributed by atoms with Crippen LogP contribution in [0.5, 0.6) is 5.75 Å². The van der Waals surface area contributed by atoms with Gasteiger partial charge in [0.2, 0.25) is 0 Å². The van der Waals surface area contributed by atoms with Gasteiger partial charge in [-0.15, -0.1) is 22.7 Å². The number of thiophene rings is 1. The lowest BCUT2D eigenvalue weighted by atomic mass is 10.3. The Morgan fingerprint density at radius 3 is 2.70 bits per heavy atom. The SMILES string of the molecule is Nc1ccc(OCCc2nc(-c3cccs3)cs2)cc1. The molecule has 0 amide bonds. The van der Waals surface area contributed by atoms with Gasteiger partial charge >= 0.3 is 0 Å². The van der Waals surface area contributed by atoms with Gasteiger partial charge in [-0.3, -0.25) is 0 Å². The van der Waals surface area contributed by atoms with Gasteiger partial charge in [0.25, 0.3) is 0 Å². The van der Waals surface area contributed by atoms with Gasteiger partial charge in [0.1, 0.15) is 5.75 Å². The minimum atomic E-state index is 0.626. The van der Waals surface area contributed by atoms with Gasteiger partial charge in [0.05, 0.1) is 22.2 Å². The zero-order valence-corrected chi connectivity index (χ0v) is 12.4. The molecule has 3 aromatic rings. The fourth-order valence-corrected chi connectivity index (χ4v) is 3.32. The van der Waals surface area contributed by atoms with Gasteiger partial charge in [0.15, 0.2) is 0 Å². The van der Waals surface area contributed by atoms with Crippen molar-refractivity contribution in [1.29, 1.82) is 0 Å². The van der Waals surface area contributed by atoms with Crippen molar-refractivity contribution in [3.8, 4) is 16.3 Å². The Bertz CT molecular complexity index is 660. The average molecular weight is 302 g/mol. The molecule has 20 heavy (non-hydrogen) atoms. The summed E-state index contributed by atoms with van der Waals surface area (Å²) in [6, 6.07) is 11.6. The molecule has 2 N–H and O–H groups in total. The van der Waals surface area contributed by atoms with Gasteiger partial charge < -0.3 is 10.5 Å². The van der Waals surface area contributed by atoms with Crippen molar-refractivity contribution in [2.24, 2.45) is 0 Å². The molecule has 3 nitrogen and oxygen atoms in total. The molecule has 0 atom stereocenters. The molecular weight excluding hydrogens is 288 g/mol. The Morgan fingerprint density at radius 1 is 1.10 bits per heavy atom. The monoisotopic (exact) mass is 302 g/mol. The molecule has 2 aromatic heterocycles. The number of nitrogens with two attached hydrogens (primary N) is 1. The predicted octanol–water partition coefficient (Wildman–Crippen LogP) is 4.08. The van der Waals surface area contributed by atoms with E-state index in [2.05, 4.69) is 21.8 Å². The Labute approximate surface area is 125 Å². The van der Waals surface area contributed by atoms with Crippen LogP contribution in [0.1, 0.15) is 5.01 Å². The number of aromatic nitrogens is 1. The van der Waals surface area contributed by atoms with Crippen molar-refractivity contribution < 1.29 is 4.74 Å². The van der Waals surface area contributed by atoms with Crippen LogP contribution in [0.15, 0.2) is 47.2 Å². The molecule has 2 heterocycles. The second kappa shape index (κ2) is 6.07. The van der Waals surface area contributed by atoms with Gasteiger partial charge in [-0.05, 0) is 35.7 Å².